The lowest BCUT2D eigenvalue weighted by Crippen LogP contribution is -2.66. The van der Waals surface area contributed by atoms with E-state index in [2.05, 4.69) is 41.0 Å². The molecule has 7 rings (SSSR count). The number of carbonyl (C=O) groups is 1. The number of hydrogen-bond acceptors (Lipinski definition) is 3. The Labute approximate surface area is 174 Å². The van der Waals surface area contributed by atoms with Crippen LogP contribution in [0.4, 0.5) is 0 Å². The van der Waals surface area contributed by atoms with Crippen molar-refractivity contribution >= 4 is 5.91 Å². The summed E-state index contributed by atoms with van der Waals surface area (Å²) in [5.74, 6) is 2.34. The third kappa shape index (κ3) is 2.68. The molecule has 29 heavy (non-hydrogen) atoms. The molecule has 6 aliphatic rings. The number of carbonyl (C=O) groups excluding carboxylic acids is 1. The highest BCUT2D eigenvalue weighted by Gasteiger charge is 2.72. The summed E-state index contributed by atoms with van der Waals surface area (Å²) in [4.78, 5) is 13.8. The highest BCUT2D eigenvalue weighted by atomic mass is 16.2. The smallest absolute Gasteiger partial charge is 0.226 e. The normalized spacial score (nSPS) is 47.3. The van der Waals surface area contributed by atoms with Crippen LogP contribution in [-0.2, 0) is 10.2 Å². The topological polar surface area (TPSA) is 77.1 Å². The lowest BCUT2D eigenvalue weighted by atomic mass is 9.39. The molecule has 1 aromatic rings. The van der Waals surface area contributed by atoms with Gasteiger partial charge in [-0.2, -0.15) is 0 Å². The van der Waals surface area contributed by atoms with Crippen LogP contribution in [-0.4, -0.2) is 30.6 Å². The van der Waals surface area contributed by atoms with E-state index in [-0.39, 0.29) is 10.8 Å². The fraction of sp³-hybridized carbons (Fsp3) is 0.720. The van der Waals surface area contributed by atoms with Gasteiger partial charge in [0.2, 0.25) is 5.91 Å². The molecule has 5 aliphatic carbocycles. The number of hydrogen-bond donors (Lipinski definition) is 3. The van der Waals surface area contributed by atoms with Crippen molar-refractivity contribution in [3.05, 3.63) is 35.9 Å². The van der Waals surface area contributed by atoms with Crippen LogP contribution >= 0.6 is 0 Å². The van der Waals surface area contributed by atoms with E-state index in [0.717, 1.165) is 38.6 Å². The number of amides is 1. The van der Waals surface area contributed by atoms with Crippen molar-refractivity contribution in [3.63, 3.8) is 0 Å². The number of nitrogens with one attached hydrogen (secondary N) is 2. The number of rotatable bonds is 4. The zero-order chi connectivity index (χ0) is 19.7. The first-order chi connectivity index (χ1) is 14.1. The van der Waals surface area contributed by atoms with Crippen LogP contribution in [0.25, 0.3) is 0 Å². The van der Waals surface area contributed by atoms with Crippen molar-refractivity contribution in [1.82, 2.24) is 10.6 Å². The maximum absolute atomic E-state index is 13.8. The molecule has 4 heteroatoms. The molecule has 156 valence electrons. The molecule has 1 heterocycles. The summed E-state index contributed by atoms with van der Waals surface area (Å²) in [5.41, 5.74) is 7.76. The van der Waals surface area contributed by atoms with Gasteiger partial charge in [-0.1, -0.05) is 30.3 Å². The molecule has 0 aromatic heterocycles. The maximum atomic E-state index is 13.8. The minimum absolute atomic E-state index is 0.151. The second-order valence-electron chi connectivity index (χ2n) is 11.1. The molecule has 1 aromatic carbocycles. The van der Waals surface area contributed by atoms with Gasteiger partial charge in [0, 0.05) is 18.1 Å². The average Bonchev–Trinajstić information content (AvgIpc) is 3.55. The highest BCUT2D eigenvalue weighted by Crippen LogP contribution is 2.70. The van der Waals surface area contributed by atoms with Gasteiger partial charge in [0.15, 0.2) is 0 Å². The SMILES string of the molecule is NCC1CCC(NC(=O)C23CC4CC(c5ccccc5)(CC(C2)C42CN2)C3)CC1. The van der Waals surface area contributed by atoms with Crippen molar-refractivity contribution in [2.24, 2.45) is 28.9 Å². The van der Waals surface area contributed by atoms with Gasteiger partial charge in [-0.15, -0.1) is 0 Å². The molecule has 2 atom stereocenters. The second-order valence-corrected chi connectivity index (χ2v) is 11.1. The van der Waals surface area contributed by atoms with E-state index in [1.165, 1.54) is 37.8 Å². The summed E-state index contributed by atoms with van der Waals surface area (Å²) >= 11 is 0. The summed E-state index contributed by atoms with van der Waals surface area (Å²) < 4.78 is 0. The van der Waals surface area contributed by atoms with Gasteiger partial charge < -0.3 is 16.4 Å². The first-order valence-electron chi connectivity index (χ1n) is 11.9. The lowest BCUT2D eigenvalue weighted by Gasteiger charge is -2.64. The fourth-order valence-electron chi connectivity index (χ4n) is 8.15. The second kappa shape index (κ2) is 6.31. The Bertz CT molecular complexity index is 776. The van der Waals surface area contributed by atoms with Crippen LogP contribution < -0.4 is 16.4 Å². The van der Waals surface area contributed by atoms with E-state index in [9.17, 15) is 4.79 Å². The molecule has 1 spiro atoms. The predicted octanol–water partition coefficient (Wildman–Crippen LogP) is 3.11. The van der Waals surface area contributed by atoms with Crippen molar-refractivity contribution in [2.45, 2.75) is 74.8 Å². The Balaban J connectivity index is 1.27. The molecule has 6 fully saturated rings. The third-order valence-corrected chi connectivity index (χ3v) is 9.65. The van der Waals surface area contributed by atoms with Crippen LogP contribution in [0.5, 0.6) is 0 Å². The number of nitrogens with two attached hydrogens (primary N) is 1. The molecule has 4 bridgehead atoms. The van der Waals surface area contributed by atoms with E-state index in [1.54, 1.807) is 0 Å². The zero-order valence-corrected chi connectivity index (χ0v) is 17.5. The monoisotopic (exact) mass is 393 g/mol. The van der Waals surface area contributed by atoms with E-state index >= 15 is 0 Å². The third-order valence-electron chi connectivity index (χ3n) is 9.65. The summed E-state index contributed by atoms with van der Waals surface area (Å²) in [5, 5.41) is 7.30. The van der Waals surface area contributed by atoms with Crippen molar-refractivity contribution in [2.75, 3.05) is 13.1 Å². The Hall–Kier alpha value is -1.39. The molecule has 5 saturated carbocycles. The Morgan fingerprint density at radius 2 is 1.69 bits per heavy atom. The van der Waals surface area contributed by atoms with Crippen LogP contribution in [0.2, 0.25) is 0 Å². The Kier molecular flexibility index (Phi) is 4.00. The van der Waals surface area contributed by atoms with Gasteiger partial charge >= 0.3 is 0 Å². The van der Waals surface area contributed by atoms with Gasteiger partial charge in [-0.3, -0.25) is 4.79 Å². The molecular weight excluding hydrogens is 358 g/mol. The minimum atomic E-state index is -0.151. The van der Waals surface area contributed by atoms with Crippen molar-refractivity contribution < 1.29 is 4.79 Å². The average molecular weight is 394 g/mol. The molecular formula is C25H35N3O. The standard InChI is InChI=1S/C25H35N3O/c26-14-17-6-8-21(9-7-17)28-22(29)24-12-19-10-23(15-24,18-4-2-1-3-5-18)11-20(13-24)25(19)16-27-25/h1-5,17,19-21,27H,6-16,26H2,(H,28,29). The van der Waals surface area contributed by atoms with Gasteiger partial charge in [-0.25, -0.2) is 0 Å². The van der Waals surface area contributed by atoms with Gasteiger partial charge in [0.05, 0.1) is 5.41 Å². The summed E-state index contributed by atoms with van der Waals surface area (Å²) in [7, 11) is 0. The molecule has 4 nitrogen and oxygen atoms in total. The van der Waals surface area contributed by atoms with E-state index in [0.29, 0.717) is 35.2 Å². The van der Waals surface area contributed by atoms with Gasteiger partial charge in [0.1, 0.15) is 0 Å². The maximum Gasteiger partial charge on any atom is 0.226 e. The van der Waals surface area contributed by atoms with Crippen LogP contribution in [0.1, 0.15) is 63.4 Å². The van der Waals surface area contributed by atoms with Crippen LogP contribution in [0, 0.1) is 23.2 Å². The van der Waals surface area contributed by atoms with E-state index < -0.39 is 0 Å². The minimum Gasteiger partial charge on any atom is -0.353 e. The predicted molar refractivity (Wildman–Crippen MR) is 114 cm³/mol. The summed E-state index contributed by atoms with van der Waals surface area (Å²) in [6.45, 7) is 1.97. The van der Waals surface area contributed by atoms with E-state index in [1.807, 2.05) is 0 Å². The van der Waals surface area contributed by atoms with Crippen molar-refractivity contribution in [1.29, 1.82) is 0 Å². The Morgan fingerprint density at radius 3 is 2.28 bits per heavy atom. The first-order valence-corrected chi connectivity index (χ1v) is 11.9. The zero-order valence-electron chi connectivity index (χ0n) is 17.5. The first kappa shape index (κ1) is 18.4. The van der Waals surface area contributed by atoms with Gasteiger partial charge in [-0.05, 0) is 93.1 Å². The number of benzene rings is 1. The summed E-state index contributed by atoms with van der Waals surface area (Å²) in [6.07, 6.45) is 10.3. The molecule has 1 aliphatic heterocycles. The van der Waals surface area contributed by atoms with Gasteiger partial charge in [0.25, 0.3) is 0 Å². The lowest BCUT2D eigenvalue weighted by molar-refractivity contribution is -0.154. The molecule has 1 amide bonds. The van der Waals surface area contributed by atoms with Crippen LogP contribution in [0.3, 0.4) is 0 Å². The molecule has 4 N–H and O–H groups in total. The largest absolute Gasteiger partial charge is 0.353 e. The van der Waals surface area contributed by atoms with Crippen LogP contribution in [0.15, 0.2) is 30.3 Å². The quantitative estimate of drug-likeness (QED) is 0.688. The van der Waals surface area contributed by atoms with E-state index in [4.69, 9.17) is 5.73 Å². The Morgan fingerprint density at radius 1 is 1.03 bits per heavy atom. The molecule has 0 radical (unpaired) electrons. The fourth-order valence-corrected chi connectivity index (χ4v) is 8.15. The summed E-state index contributed by atoms with van der Waals surface area (Å²) in [6, 6.07) is 11.5. The molecule has 2 unspecified atom stereocenters. The molecule has 1 saturated heterocycles. The van der Waals surface area contributed by atoms with Crippen molar-refractivity contribution in [3.8, 4) is 0 Å². The highest BCUT2D eigenvalue weighted by molar-refractivity contribution is 5.84.